The summed E-state index contributed by atoms with van der Waals surface area (Å²) in [5.41, 5.74) is 0. The first-order chi connectivity index (χ1) is 8.06. The number of hydrogen-bond acceptors (Lipinski definition) is 5. The molecule has 6 heteroatoms. The molecule has 0 saturated heterocycles. The Labute approximate surface area is 98.7 Å². The van der Waals surface area contributed by atoms with Gasteiger partial charge < -0.3 is 19.6 Å². The van der Waals surface area contributed by atoms with Gasteiger partial charge in [-0.2, -0.15) is 0 Å². The van der Waals surface area contributed by atoms with Crippen LogP contribution in [0.1, 0.15) is 26.7 Å². The highest BCUT2D eigenvalue weighted by molar-refractivity contribution is 5.43. The van der Waals surface area contributed by atoms with Gasteiger partial charge >= 0.3 is 5.82 Å². The van der Waals surface area contributed by atoms with Crippen molar-refractivity contribution >= 4 is 5.82 Å². The van der Waals surface area contributed by atoms with Crippen molar-refractivity contribution < 1.29 is 14.4 Å². The van der Waals surface area contributed by atoms with Gasteiger partial charge in [0.2, 0.25) is 5.75 Å². The molecule has 0 amide bonds. The maximum absolute atomic E-state index is 10.6. The van der Waals surface area contributed by atoms with Gasteiger partial charge in [0.05, 0.1) is 18.3 Å². The van der Waals surface area contributed by atoms with Gasteiger partial charge in [0, 0.05) is 0 Å². The maximum atomic E-state index is 10.6. The Balaban J connectivity index is 2.25. The van der Waals surface area contributed by atoms with Gasteiger partial charge in [-0.1, -0.05) is 0 Å². The number of rotatable bonds is 5. The number of pyridine rings is 1. The Morgan fingerprint density at radius 3 is 2.71 bits per heavy atom. The summed E-state index contributed by atoms with van der Waals surface area (Å²) in [5.74, 6) is 0.636. The van der Waals surface area contributed by atoms with Gasteiger partial charge in [-0.25, -0.2) is 0 Å². The number of ether oxygens (including phenoxy) is 2. The summed E-state index contributed by atoms with van der Waals surface area (Å²) >= 11 is 0. The van der Waals surface area contributed by atoms with Crippen molar-refractivity contribution in [3.63, 3.8) is 0 Å². The molecular formula is C11H14N2O4. The molecule has 0 atom stereocenters. The molecule has 0 radical (unpaired) electrons. The molecule has 17 heavy (non-hydrogen) atoms. The van der Waals surface area contributed by atoms with Crippen molar-refractivity contribution in [3.05, 3.63) is 22.4 Å². The summed E-state index contributed by atoms with van der Waals surface area (Å²) in [6, 6.07) is 1.32. The van der Waals surface area contributed by atoms with E-state index >= 15 is 0 Å². The van der Waals surface area contributed by atoms with E-state index in [9.17, 15) is 10.1 Å². The molecule has 1 fully saturated rings. The van der Waals surface area contributed by atoms with E-state index in [1.807, 2.05) is 13.8 Å². The van der Waals surface area contributed by atoms with Crippen molar-refractivity contribution in [2.24, 2.45) is 0 Å². The summed E-state index contributed by atoms with van der Waals surface area (Å²) < 4.78 is 11.1. The van der Waals surface area contributed by atoms with Crippen LogP contribution in [0.5, 0.6) is 11.5 Å². The highest BCUT2D eigenvalue weighted by Crippen LogP contribution is 2.35. The van der Waals surface area contributed by atoms with Crippen molar-refractivity contribution in [2.45, 2.75) is 38.9 Å². The first-order valence-electron chi connectivity index (χ1n) is 5.54. The maximum Gasteiger partial charge on any atom is 0.367 e. The molecule has 92 valence electrons. The zero-order valence-corrected chi connectivity index (χ0v) is 9.75. The molecule has 0 N–H and O–H groups in total. The van der Waals surface area contributed by atoms with E-state index in [0.29, 0.717) is 11.5 Å². The highest BCUT2D eigenvalue weighted by Gasteiger charge is 2.27. The van der Waals surface area contributed by atoms with Gasteiger partial charge in [0.15, 0.2) is 11.9 Å². The van der Waals surface area contributed by atoms with E-state index in [1.54, 1.807) is 0 Å². The minimum absolute atomic E-state index is 0.0280. The lowest BCUT2D eigenvalue weighted by atomic mass is 10.3. The molecular weight excluding hydrogens is 224 g/mol. The molecule has 6 nitrogen and oxygen atoms in total. The first-order valence-corrected chi connectivity index (χ1v) is 5.54. The Bertz CT molecular complexity index is 429. The van der Waals surface area contributed by atoms with Crippen LogP contribution in [0, 0.1) is 10.1 Å². The fourth-order valence-corrected chi connectivity index (χ4v) is 1.31. The van der Waals surface area contributed by atoms with Gasteiger partial charge in [0.25, 0.3) is 0 Å². The summed E-state index contributed by atoms with van der Waals surface area (Å²) in [5, 5.41) is 10.6. The van der Waals surface area contributed by atoms with Gasteiger partial charge in [-0.3, -0.25) is 0 Å². The zero-order valence-electron chi connectivity index (χ0n) is 9.75. The standard InChI is InChI=1S/C11H14N2O4/c1-7(2)16-10-6-12-11(13(14)15)5-9(10)17-8-3-4-8/h5-8H,3-4H2,1-2H3. The fraction of sp³-hybridized carbons (Fsp3) is 0.545. The van der Waals surface area contributed by atoms with E-state index in [2.05, 4.69) is 4.98 Å². The topological polar surface area (TPSA) is 74.5 Å². The van der Waals surface area contributed by atoms with Crippen LogP contribution in [0.4, 0.5) is 5.82 Å². The van der Waals surface area contributed by atoms with Gasteiger partial charge in [-0.15, -0.1) is 0 Å². The summed E-state index contributed by atoms with van der Waals surface area (Å²) in [6.07, 6.45) is 3.44. The van der Waals surface area contributed by atoms with Crippen LogP contribution < -0.4 is 9.47 Å². The quantitative estimate of drug-likeness (QED) is 0.581. The van der Waals surface area contributed by atoms with Crippen LogP contribution in [-0.4, -0.2) is 22.1 Å². The van der Waals surface area contributed by atoms with Crippen LogP contribution in [-0.2, 0) is 0 Å². The van der Waals surface area contributed by atoms with Crippen LogP contribution >= 0.6 is 0 Å². The lowest BCUT2D eigenvalue weighted by Gasteiger charge is -2.12. The number of nitrogens with zero attached hydrogens (tertiary/aromatic N) is 2. The SMILES string of the molecule is CC(C)Oc1cnc([N+](=O)[O-])cc1OC1CC1. The van der Waals surface area contributed by atoms with Crippen LogP contribution in [0.15, 0.2) is 12.3 Å². The largest absolute Gasteiger partial charge is 0.486 e. The molecule has 0 spiro atoms. The molecule has 0 aromatic carbocycles. The number of aromatic nitrogens is 1. The second-order valence-electron chi connectivity index (χ2n) is 4.23. The lowest BCUT2D eigenvalue weighted by Crippen LogP contribution is -2.09. The molecule has 1 saturated carbocycles. The molecule has 1 aromatic heterocycles. The minimum Gasteiger partial charge on any atom is -0.486 e. The number of hydrogen-bond donors (Lipinski definition) is 0. The summed E-state index contributed by atoms with van der Waals surface area (Å²) in [6.45, 7) is 3.75. The molecule has 1 aliphatic rings. The Morgan fingerprint density at radius 2 is 2.18 bits per heavy atom. The zero-order chi connectivity index (χ0) is 12.4. The summed E-state index contributed by atoms with van der Waals surface area (Å²) in [7, 11) is 0. The molecule has 1 aromatic rings. The van der Waals surface area contributed by atoms with E-state index in [1.165, 1.54) is 12.3 Å². The van der Waals surface area contributed by atoms with E-state index in [-0.39, 0.29) is 18.0 Å². The summed E-state index contributed by atoms with van der Waals surface area (Å²) in [4.78, 5) is 13.8. The minimum atomic E-state index is -0.543. The molecule has 0 aliphatic heterocycles. The Hall–Kier alpha value is -1.85. The Kier molecular flexibility index (Phi) is 3.12. The van der Waals surface area contributed by atoms with Crippen molar-refractivity contribution in [2.75, 3.05) is 0 Å². The van der Waals surface area contributed by atoms with Crippen LogP contribution in [0.25, 0.3) is 0 Å². The molecule has 0 unspecified atom stereocenters. The first kappa shape index (κ1) is 11.6. The van der Waals surface area contributed by atoms with Crippen molar-refractivity contribution in [3.8, 4) is 11.5 Å². The molecule has 0 bridgehead atoms. The molecule has 2 rings (SSSR count). The van der Waals surface area contributed by atoms with Crippen LogP contribution in [0.2, 0.25) is 0 Å². The lowest BCUT2D eigenvalue weighted by molar-refractivity contribution is -0.389. The smallest absolute Gasteiger partial charge is 0.367 e. The highest BCUT2D eigenvalue weighted by atomic mass is 16.6. The normalized spacial score (nSPS) is 14.8. The third-order valence-corrected chi connectivity index (χ3v) is 2.18. The second-order valence-corrected chi connectivity index (χ2v) is 4.23. The van der Waals surface area contributed by atoms with E-state index < -0.39 is 4.92 Å². The molecule has 1 heterocycles. The Morgan fingerprint density at radius 1 is 1.47 bits per heavy atom. The predicted molar refractivity (Wildman–Crippen MR) is 60.3 cm³/mol. The van der Waals surface area contributed by atoms with Crippen LogP contribution in [0.3, 0.4) is 0 Å². The third kappa shape index (κ3) is 3.05. The van der Waals surface area contributed by atoms with E-state index in [0.717, 1.165) is 12.8 Å². The predicted octanol–water partition coefficient (Wildman–Crippen LogP) is 2.32. The number of nitro groups is 1. The average molecular weight is 238 g/mol. The monoisotopic (exact) mass is 238 g/mol. The third-order valence-electron chi connectivity index (χ3n) is 2.18. The molecule has 1 aliphatic carbocycles. The van der Waals surface area contributed by atoms with Crippen molar-refractivity contribution in [1.29, 1.82) is 0 Å². The van der Waals surface area contributed by atoms with Crippen molar-refractivity contribution in [1.82, 2.24) is 4.98 Å². The van der Waals surface area contributed by atoms with Gasteiger partial charge in [0.1, 0.15) is 0 Å². The van der Waals surface area contributed by atoms with E-state index in [4.69, 9.17) is 9.47 Å². The van der Waals surface area contributed by atoms with Gasteiger partial charge in [-0.05, 0) is 36.6 Å². The second kappa shape index (κ2) is 4.57. The fourth-order valence-electron chi connectivity index (χ4n) is 1.31. The average Bonchev–Trinajstić information content (AvgIpc) is 3.03.